The molecule has 0 aliphatic rings. The maximum atomic E-state index is 4.50. The number of hydrogen-bond acceptors (Lipinski definition) is 3. The van der Waals surface area contributed by atoms with Crippen molar-refractivity contribution in [3.05, 3.63) is 17.0 Å². The zero-order valence-corrected chi connectivity index (χ0v) is 18.0. The topological polar surface area (TPSA) is 57.5 Å². The van der Waals surface area contributed by atoms with Crippen LogP contribution in [0.5, 0.6) is 0 Å². The molecular weight excluding hydrogens is 324 g/mol. The van der Waals surface area contributed by atoms with Crippen molar-refractivity contribution in [2.24, 2.45) is 12.0 Å². The quantitative estimate of drug-likeness (QED) is 0.360. The molecule has 1 aromatic rings. The number of rotatable bonds is 11. The Bertz CT molecular complexity index is 547. The van der Waals surface area contributed by atoms with Crippen molar-refractivity contribution in [2.45, 2.75) is 65.3 Å². The summed E-state index contributed by atoms with van der Waals surface area (Å²) in [5, 5.41) is 11.4. The van der Waals surface area contributed by atoms with Crippen LogP contribution in [0.1, 0.15) is 56.0 Å². The van der Waals surface area contributed by atoms with Crippen LogP contribution in [-0.2, 0) is 13.5 Å². The van der Waals surface area contributed by atoms with E-state index in [1.807, 2.05) is 18.8 Å². The Hall–Kier alpha value is -1.56. The van der Waals surface area contributed by atoms with Crippen molar-refractivity contribution < 1.29 is 0 Å². The summed E-state index contributed by atoms with van der Waals surface area (Å²) in [5.41, 5.74) is 3.70. The van der Waals surface area contributed by atoms with E-state index in [1.165, 1.54) is 49.9 Å². The zero-order valence-electron chi connectivity index (χ0n) is 18.0. The van der Waals surface area contributed by atoms with Gasteiger partial charge in [0.15, 0.2) is 5.96 Å². The van der Waals surface area contributed by atoms with Crippen LogP contribution in [-0.4, -0.2) is 60.9 Å². The predicted molar refractivity (Wildman–Crippen MR) is 112 cm³/mol. The third kappa shape index (κ3) is 8.21. The SMILES string of the molecule is CN=C(NCCCCCCCN(C)C)NC(C)Cc1c(C)nn(C)c1C. The average molecular weight is 365 g/mol. The van der Waals surface area contributed by atoms with Gasteiger partial charge in [0, 0.05) is 32.4 Å². The summed E-state index contributed by atoms with van der Waals surface area (Å²) >= 11 is 0. The Kier molecular flexibility index (Phi) is 10.3. The molecule has 2 N–H and O–H groups in total. The number of aromatic nitrogens is 2. The zero-order chi connectivity index (χ0) is 19.5. The molecule has 0 fully saturated rings. The molecule has 150 valence electrons. The van der Waals surface area contributed by atoms with Crippen LogP contribution >= 0.6 is 0 Å². The van der Waals surface area contributed by atoms with Crippen LogP contribution in [0.3, 0.4) is 0 Å². The van der Waals surface area contributed by atoms with Gasteiger partial charge in [0.25, 0.3) is 0 Å². The molecule has 0 radical (unpaired) electrons. The third-order valence-corrected chi connectivity index (χ3v) is 4.85. The fraction of sp³-hybridized carbons (Fsp3) is 0.800. The summed E-state index contributed by atoms with van der Waals surface area (Å²) in [6.45, 7) is 8.59. The first-order valence-electron chi connectivity index (χ1n) is 9.96. The number of nitrogens with zero attached hydrogens (tertiary/aromatic N) is 4. The predicted octanol–water partition coefficient (Wildman–Crippen LogP) is 2.65. The molecule has 0 bridgehead atoms. The number of nitrogens with one attached hydrogen (secondary N) is 2. The first kappa shape index (κ1) is 22.5. The van der Waals surface area contributed by atoms with Crippen LogP contribution in [0.15, 0.2) is 4.99 Å². The van der Waals surface area contributed by atoms with Crippen molar-refractivity contribution in [3.8, 4) is 0 Å². The summed E-state index contributed by atoms with van der Waals surface area (Å²) in [6, 6.07) is 0.314. The van der Waals surface area contributed by atoms with Crippen LogP contribution < -0.4 is 10.6 Å². The van der Waals surface area contributed by atoms with Gasteiger partial charge in [-0.05, 0) is 66.2 Å². The van der Waals surface area contributed by atoms with E-state index in [0.29, 0.717) is 6.04 Å². The molecule has 26 heavy (non-hydrogen) atoms. The Labute approximate surface area is 160 Å². The lowest BCUT2D eigenvalue weighted by atomic mass is 10.1. The minimum absolute atomic E-state index is 0.314. The number of guanidine groups is 1. The van der Waals surface area contributed by atoms with E-state index >= 15 is 0 Å². The molecule has 6 heteroatoms. The molecule has 1 atom stereocenters. The van der Waals surface area contributed by atoms with Gasteiger partial charge in [-0.1, -0.05) is 19.3 Å². The lowest BCUT2D eigenvalue weighted by Crippen LogP contribution is -2.43. The maximum absolute atomic E-state index is 4.50. The second kappa shape index (κ2) is 11.9. The normalized spacial score (nSPS) is 13.3. The molecule has 0 spiro atoms. The molecule has 0 aromatic carbocycles. The highest BCUT2D eigenvalue weighted by Crippen LogP contribution is 2.14. The summed E-state index contributed by atoms with van der Waals surface area (Å²) in [6.07, 6.45) is 7.37. The van der Waals surface area contributed by atoms with Gasteiger partial charge in [0.05, 0.1) is 5.69 Å². The standard InChI is InChI=1S/C20H40N6/c1-16(15-19-17(2)24-26(7)18(19)3)23-20(21-4)22-13-11-9-8-10-12-14-25(5)6/h16H,8-15H2,1-7H3,(H2,21,22,23). The Morgan fingerprint density at radius 3 is 2.38 bits per heavy atom. The van der Waals surface area contributed by atoms with Gasteiger partial charge in [0.2, 0.25) is 0 Å². The smallest absolute Gasteiger partial charge is 0.191 e. The summed E-state index contributed by atoms with van der Waals surface area (Å²) < 4.78 is 1.96. The summed E-state index contributed by atoms with van der Waals surface area (Å²) in [5.74, 6) is 0.893. The van der Waals surface area contributed by atoms with Gasteiger partial charge in [0.1, 0.15) is 0 Å². The highest BCUT2D eigenvalue weighted by molar-refractivity contribution is 5.79. The number of hydrogen-bond donors (Lipinski definition) is 2. The van der Waals surface area contributed by atoms with E-state index in [-0.39, 0.29) is 0 Å². The van der Waals surface area contributed by atoms with E-state index in [1.54, 1.807) is 0 Å². The molecule has 0 aliphatic carbocycles. The van der Waals surface area contributed by atoms with Gasteiger partial charge < -0.3 is 15.5 Å². The molecule has 6 nitrogen and oxygen atoms in total. The summed E-state index contributed by atoms with van der Waals surface area (Å²) in [7, 11) is 8.12. The Balaban J connectivity index is 2.24. The van der Waals surface area contributed by atoms with Crippen molar-refractivity contribution in [1.29, 1.82) is 0 Å². The summed E-state index contributed by atoms with van der Waals surface area (Å²) in [4.78, 5) is 6.61. The third-order valence-electron chi connectivity index (χ3n) is 4.85. The number of aliphatic imine (C=N–C) groups is 1. The first-order valence-corrected chi connectivity index (χ1v) is 9.96. The van der Waals surface area contributed by atoms with Gasteiger partial charge in [-0.15, -0.1) is 0 Å². The molecule has 0 amide bonds. The van der Waals surface area contributed by atoms with Crippen LogP contribution in [0.4, 0.5) is 0 Å². The highest BCUT2D eigenvalue weighted by Gasteiger charge is 2.13. The minimum Gasteiger partial charge on any atom is -0.356 e. The van der Waals surface area contributed by atoms with E-state index in [0.717, 1.165) is 24.6 Å². The van der Waals surface area contributed by atoms with Gasteiger partial charge >= 0.3 is 0 Å². The monoisotopic (exact) mass is 364 g/mol. The van der Waals surface area contributed by atoms with Crippen LogP contribution in [0.25, 0.3) is 0 Å². The molecule has 0 saturated heterocycles. The van der Waals surface area contributed by atoms with Crippen LogP contribution in [0, 0.1) is 13.8 Å². The van der Waals surface area contributed by atoms with Crippen molar-refractivity contribution >= 4 is 5.96 Å². The molecule has 1 unspecified atom stereocenters. The molecule has 0 saturated carbocycles. The first-order chi connectivity index (χ1) is 12.3. The highest BCUT2D eigenvalue weighted by atomic mass is 15.3. The van der Waals surface area contributed by atoms with Crippen LogP contribution in [0.2, 0.25) is 0 Å². The molecule has 1 rings (SSSR count). The van der Waals surface area contributed by atoms with E-state index in [9.17, 15) is 0 Å². The Morgan fingerprint density at radius 1 is 1.15 bits per heavy atom. The van der Waals surface area contributed by atoms with Crippen molar-refractivity contribution in [2.75, 3.05) is 34.2 Å². The van der Waals surface area contributed by atoms with Gasteiger partial charge in [-0.25, -0.2) is 0 Å². The van der Waals surface area contributed by atoms with E-state index < -0.39 is 0 Å². The lowest BCUT2D eigenvalue weighted by molar-refractivity contribution is 0.389. The largest absolute Gasteiger partial charge is 0.356 e. The molecular formula is C20H40N6. The van der Waals surface area contributed by atoms with Gasteiger partial charge in [-0.2, -0.15) is 5.10 Å². The number of aryl methyl sites for hydroxylation is 2. The fourth-order valence-corrected chi connectivity index (χ4v) is 3.19. The second-order valence-corrected chi connectivity index (χ2v) is 7.59. The fourth-order valence-electron chi connectivity index (χ4n) is 3.19. The molecule has 1 aromatic heterocycles. The van der Waals surface area contributed by atoms with Gasteiger partial charge in [-0.3, -0.25) is 9.67 Å². The van der Waals surface area contributed by atoms with E-state index in [4.69, 9.17) is 0 Å². The van der Waals surface area contributed by atoms with Crippen molar-refractivity contribution in [3.63, 3.8) is 0 Å². The average Bonchev–Trinajstić information content (AvgIpc) is 2.82. The Morgan fingerprint density at radius 2 is 1.81 bits per heavy atom. The maximum Gasteiger partial charge on any atom is 0.191 e. The number of unbranched alkanes of at least 4 members (excludes halogenated alkanes) is 4. The molecule has 0 aliphatic heterocycles. The van der Waals surface area contributed by atoms with Crippen molar-refractivity contribution in [1.82, 2.24) is 25.3 Å². The minimum atomic E-state index is 0.314. The van der Waals surface area contributed by atoms with E-state index in [2.05, 4.69) is 60.5 Å². The molecule has 1 heterocycles. The second-order valence-electron chi connectivity index (χ2n) is 7.59. The lowest BCUT2D eigenvalue weighted by Gasteiger charge is -2.18.